The highest BCUT2D eigenvalue weighted by Crippen LogP contribution is 2.33. The minimum atomic E-state index is -3.95. The lowest BCUT2D eigenvalue weighted by Crippen LogP contribution is -2.54. The summed E-state index contributed by atoms with van der Waals surface area (Å²) in [5.74, 6) is -1.08. The Hall–Kier alpha value is -2.85. The minimum Gasteiger partial charge on any atom is -0.495 e. The third-order valence-electron chi connectivity index (χ3n) is 6.69. The van der Waals surface area contributed by atoms with Crippen molar-refractivity contribution >= 4 is 39.1 Å². The third kappa shape index (κ3) is 7.83. The van der Waals surface area contributed by atoms with Crippen molar-refractivity contribution in [2.24, 2.45) is 0 Å². The van der Waals surface area contributed by atoms with Gasteiger partial charge in [-0.25, -0.2) is 12.8 Å². The standard InChI is InChI=1S/C27H35ClFN3O5S/c1-4-23(27(34)30-22-8-6-5-7-9-22)31(17-19-10-13-21(29)14-11-19)26(33)18-32(38(3,35)36)24-16-20(28)12-15-25(24)37-2/h10-16,22-23H,4-9,17-18H2,1-3H3,(H,30,34)/t23-/m0/s1. The molecule has 8 nitrogen and oxygen atoms in total. The number of halogens is 2. The molecular formula is C27H35ClFN3O5S. The smallest absolute Gasteiger partial charge is 0.244 e. The number of hydrogen-bond acceptors (Lipinski definition) is 5. The van der Waals surface area contributed by atoms with Gasteiger partial charge < -0.3 is 15.0 Å². The molecule has 0 aliphatic heterocycles. The molecular weight excluding hydrogens is 533 g/mol. The summed E-state index contributed by atoms with van der Waals surface area (Å²) in [6, 6.07) is 9.30. The average molecular weight is 568 g/mol. The van der Waals surface area contributed by atoms with E-state index in [0.29, 0.717) is 12.0 Å². The van der Waals surface area contributed by atoms with Crippen LogP contribution in [0.2, 0.25) is 5.02 Å². The summed E-state index contributed by atoms with van der Waals surface area (Å²) in [4.78, 5) is 28.6. The highest BCUT2D eigenvalue weighted by Gasteiger charge is 2.33. The van der Waals surface area contributed by atoms with E-state index >= 15 is 0 Å². The molecule has 0 unspecified atom stereocenters. The monoisotopic (exact) mass is 567 g/mol. The van der Waals surface area contributed by atoms with Crippen molar-refractivity contribution in [3.63, 3.8) is 0 Å². The molecule has 0 radical (unpaired) electrons. The van der Waals surface area contributed by atoms with Gasteiger partial charge in [-0.2, -0.15) is 0 Å². The van der Waals surface area contributed by atoms with E-state index in [2.05, 4.69) is 5.32 Å². The van der Waals surface area contributed by atoms with Gasteiger partial charge in [-0.1, -0.05) is 49.9 Å². The first-order valence-corrected chi connectivity index (χ1v) is 14.9. The zero-order valence-electron chi connectivity index (χ0n) is 22.0. The number of ether oxygens (including phenoxy) is 1. The van der Waals surface area contributed by atoms with Crippen LogP contribution in [0.5, 0.6) is 5.75 Å². The van der Waals surface area contributed by atoms with Crippen LogP contribution in [0.1, 0.15) is 51.0 Å². The van der Waals surface area contributed by atoms with Crippen LogP contribution < -0.4 is 14.4 Å². The van der Waals surface area contributed by atoms with Gasteiger partial charge in [0, 0.05) is 17.6 Å². The molecule has 208 valence electrons. The van der Waals surface area contributed by atoms with Gasteiger partial charge in [-0.15, -0.1) is 0 Å². The minimum absolute atomic E-state index is 0.0000106. The molecule has 2 amide bonds. The highest BCUT2D eigenvalue weighted by molar-refractivity contribution is 7.92. The Morgan fingerprint density at radius 2 is 1.79 bits per heavy atom. The number of benzene rings is 2. The maximum atomic E-state index is 13.8. The third-order valence-corrected chi connectivity index (χ3v) is 8.05. The van der Waals surface area contributed by atoms with Crippen molar-refractivity contribution < 1.29 is 27.1 Å². The Morgan fingerprint density at radius 1 is 1.13 bits per heavy atom. The van der Waals surface area contributed by atoms with Crippen molar-refractivity contribution in [3.8, 4) is 5.75 Å². The van der Waals surface area contributed by atoms with Gasteiger partial charge in [0.2, 0.25) is 21.8 Å². The zero-order valence-corrected chi connectivity index (χ0v) is 23.5. The van der Waals surface area contributed by atoms with Crippen LogP contribution in [0.3, 0.4) is 0 Å². The molecule has 0 heterocycles. The summed E-state index contributed by atoms with van der Waals surface area (Å²) in [5.41, 5.74) is 0.715. The number of methoxy groups -OCH3 is 1. The molecule has 2 aromatic rings. The quantitative estimate of drug-likeness (QED) is 0.431. The first-order valence-electron chi connectivity index (χ1n) is 12.7. The number of carbonyl (C=O) groups excluding carboxylic acids is 2. The Kier molecular flexibility index (Phi) is 10.4. The molecule has 2 aromatic carbocycles. The molecule has 1 N–H and O–H groups in total. The Bertz CT molecular complexity index is 1220. The molecule has 1 fully saturated rings. The number of sulfonamides is 1. The lowest BCUT2D eigenvalue weighted by Gasteiger charge is -2.34. The normalized spacial score (nSPS) is 15.0. The number of anilines is 1. The second kappa shape index (κ2) is 13.3. The van der Waals surface area contributed by atoms with E-state index < -0.39 is 34.3 Å². The molecule has 3 rings (SSSR count). The Labute approximate surface area is 229 Å². The van der Waals surface area contributed by atoms with E-state index in [-0.39, 0.29) is 35.0 Å². The maximum absolute atomic E-state index is 13.8. The summed E-state index contributed by atoms with van der Waals surface area (Å²) >= 11 is 6.14. The van der Waals surface area contributed by atoms with Gasteiger partial charge >= 0.3 is 0 Å². The van der Waals surface area contributed by atoms with Gasteiger partial charge in [0.1, 0.15) is 24.2 Å². The molecule has 0 spiro atoms. The molecule has 11 heteroatoms. The molecule has 38 heavy (non-hydrogen) atoms. The molecule has 0 saturated heterocycles. The van der Waals surface area contributed by atoms with E-state index in [9.17, 15) is 22.4 Å². The highest BCUT2D eigenvalue weighted by atomic mass is 35.5. The maximum Gasteiger partial charge on any atom is 0.244 e. The lowest BCUT2D eigenvalue weighted by molar-refractivity contribution is -0.140. The second-order valence-corrected chi connectivity index (χ2v) is 11.8. The van der Waals surface area contributed by atoms with E-state index in [0.717, 1.165) is 42.7 Å². The number of nitrogens with zero attached hydrogens (tertiary/aromatic N) is 2. The van der Waals surface area contributed by atoms with Gasteiger partial charge in [0.25, 0.3) is 0 Å². The largest absolute Gasteiger partial charge is 0.495 e. The molecule has 1 saturated carbocycles. The fourth-order valence-electron chi connectivity index (χ4n) is 4.70. The lowest BCUT2D eigenvalue weighted by atomic mass is 9.95. The van der Waals surface area contributed by atoms with Crippen molar-refractivity contribution in [2.45, 2.75) is 64.1 Å². The number of amides is 2. The van der Waals surface area contributed by atoms with Crippen LogP contribution in [0, 0.1) is 5.82 Å². The summed E-state index contributed by atoms with van der Waals surface area (Å²) in [6.45, 7) is 1.22. The molecule has 0 aromatic heterocycles. The fourth-order valence-corrected chi connectivity index (χ4v) is 5.71. The Balaban J connectivity index is 1.95. The van der Waals surface area contributed by atoms with E-state index in [4.69, 9.17) is 16.3 Å². The number of nitrogens with one attached hydrogen (secondary N) is 1. The predicted molar refractivity (Wildman–Crippen MR) is 146 cm³/mol. The topological polar surface area (TPSA) is 96.0 Å². The van der Waals surface area contributed by atoms with Crippen molar-refractivity contribution in [2.75, 3.05) is 24.2 Å². The average Bonchev–Trinajstić information content (AvgIpc) is 2.88. The second-order valence-electron chi connectivity index (χ2n) is 9.50. The summed E-state index contributed by atoms with van der Waals surface area (Å²) in [7, 11) is -2.57. The summed E-state index contributed by atoms with van der Waals surface area (Å²) in [5, 5.41) is 3.35. The van der Waals surface area contributed by atoms with Crippen LogP contribution in [-0.2, 0) is 26.2 Å². The van der Waals surface area contributed by atoms with Crippen molar-refractivity contribution in [3.05, 3.63) is 58.9 Å². The first-order chi connectivity index (χ1) is 18.0. The van der Waals surface area contributed by atoms with E-state index in [1.54, 1.807) is 13.0 Å². The Morgan fingerprint density at radius 3 is 2.37 bits per heavy atom. The molecule has 1 atom stereocenters. The molecule has 1 aliphatic rings. The van der Waals surface area contributed by atoms with Gasteiger partial charge in [0.15, 0.2) is 0 Å². The molecule has 0 bridgehead atoms. The SMILES string of the molecule is CC[C@@H](C(=O)NC1CCCCC1)N(Cc1ccc(F)cc1)C(=O)CN(c1cc(Cl)ccc1OC)S(C)(=O)=O. The van der Waals surface area contributed by atoms with Crippen molar-refractivity contribution in [1.29, 1.82) is 0 Å². The number of rotatable bonds is 11. The number of hydrogen-bond donors (Lipinski definition) is 1. The van der Waals surface area contributed by atoms with Crippen molar-refractivity contribution in [1.82, 2.24) is 10.2 Å². The van der Waals surface area contributed by atoms with Crippen LogP contribution in [-0.4, -0.2) is 57.1 Å². The predicted octanol–water partition coefficient (Wildman–Crippen LogP) is 4.51. The van der Waals surface area contributed by atoms with E-state index in [1.165, 1.54) is 48.4 Å². The van der Waals surface area contributed by atoms with Crippen LogP contribution in [0.4, 0.5) is 10.1 Å². The van der Waals surface area contributed by atoms with Gasteiger partial charge in [-0.3, -0.25) is 13.9 Å². The number of carbonyl (C=O) groups is 2. The first kappa shape index (κ1) is 29.7. The van der Waals surface area contributed by atoms with Gasteiger partial charge in [-0.05, 0) is 55.2 Å². The zero-order chi connectivity index (χ0) is 27.9. The van der Waals surface area contributed by atoms with Crippen LogP contribution >= 0.6 is 11.6 Å². The molecule has 1 aliphatic carbocycles. The van der Waals surface area contributed by atoms with Gasteiger partial charge in [0.05, 0.1) is 19.1 Å². The van der Waals surface area contributed by atoms with E-state index in [1.807, 2.05) is 0 Å². The fraction of sp³-hybridized carbons (Fsp3) is 0.481. The van der Waals surface area contributed by atoms with Crippen LogP contribution in [0.25, 0.3) is 0 Å². The summed E-state index contributed by atoms with van der Waals surface area (Å²) < 4.78 is 45.5. The summed E-state index contributed by atoms with van der Waals surface area (Å²) in [6.07, 6.45) is 6.25. The van der Waals surface area contributed by atoms with Crippen LogP contribution in [0.15, 0.2) is 42.5 Å².